The van der Waals surface area contributed by atoms with Gasteiger partial charge in [0.05, 0.1) is 11.4 Å². The van der Waals surface area contributed by atoms with E-state index in [2.05, 4.69) is 24.5 Å². The van der Waals surface area contributed by atoms with E-state index in [9.17, 15) is 9.59 Å². The van der Waals surface area contributed by atoms with E-state index >= 15 is 0 Å². The maximum atomic E-state index is 11.8. The molecular weight excluding hydrogens is 284 g/mol. The van der Waals surface area contributed by atoms with E-state index in [1.54, 1.807) is 12.1 Å². The quantitative estimate of drug-likeness (QED) is 0.891. The predicted octanol–water partition coefficient (Wildman–Crippen LogP) is 3.24. The molecule has 2 N–H and O–H groups in total. The average molecular weight is 302 g/mol. The van der Waals surface area contributed by atoms with Crippen LogP contribution in [-0.4, -0.2) is 18.4 Å². The zero-order valence-electron chi connectivity index (χ0n) is 12.1. The van der Waals surface area contributed by atoms with Crippen molar-refractivity contribution in [3.05, 3.63) is 52.2 Å². The second-order valence-corrected chi connectivity index (χ2v) is 5.94. The fourth-order valence-corrected chi connectivity index (χ4v) is 2.48. The first-order valence-corrected chi connectivity index (χ1v) is 7.65. The van der Waals surface area contributed by atoms with Crippen LogP contribution in [0.1, 0.15) is 35.0 Å². The molecule has 0 aliphatic rings. The summed E-state index contributed by atoms with van der Waals surface area (Å²) in [6, 6.07) is 11.3. The second-order valence-electron chi connectivity index (χ2n) is 4.99. The van der Waals surface area contributed by atoms with Gasteiger partial charge in [0.1, 0.15) is 0 Å². The number of nitrogens with one attached hydrogen (secondary N) is 2. The Balaban J connectivity index is 1.87. The van der Waals surface area contributed by atoms with Crippen LogP contribution < -0.4 is 10.6 Å². The summed E-state index contributed by atoms with van der Waals surface area (Å²) < 4.78 is 0. The Labute approximate surface area is 128 Å². The van der Waals surface area contributed by atoms with Crippen LogP contribution in [0.15, 0.2) is 41.8 Å². The van der Waals surface area contributed by atoms with Crippen LogP contribution in [0.25, 0.3) is 0 Å². The van der Waals surface area contributed by atoms with Crippen LogP contribution in [0.5, 0.6) is 0 Å². The van der Waals surface area contributed by atoms with E-state index in [4.69, 9.17) is 0 Å². The highest BCUT2D eigenvalue weighted by atomic mass is 32.1. The van der Waals surface area contributed by atoms with Gasteiger partial charge in [-0.15, -0.1) is 11.3 Å². The van der Waals surface area contributed by atoms with Crippen molar-refractivity contribution in [3.63, 3.8) is 0 Å². The molecular formula is C16H18N2O2S. The summed E-state index contributed by atoms with van der Waals surface area (Å²) in [6.07, 6.45) is 0. The van der Waals surface area contributed by atoms with Gasteiger partial charge in [-0.2, -0.15) is 0 Å². The maximum absolute atomic E-state index is 11.8. The van der Waals surface area contributed by atoms with E-state index in [1.165, 1.54) is 11.3 Å². The summed E-state index contributed by atoms with van der Waals surface area (Å²) in [5.74, 6) is -0.0581. The van der Waals surface area contributed by atoms with E-state index in [1.807, 2.05) is 29.6 Å². The molecule has 0 bridgehead atoms. The summed E-state index contributed by atoms with van der Waals surface area (Å²) in [4.78, 5) is 24.2. The standard InChI is InChI=1S/C16H18N2O2S/c1-11(2)12-5-3-6-13(9-12)18-15(19)10-17-16(20)14-7-4-8-21-14/h3-9,11H,10H2,1-2H3,(H,17,20)(H,18,19). The first-order valence-electron chi connectivity index (χ1n) is 6.78. The number of benzene rings is 1. The highest BCUT2D eigenvalue weighted by molar-refractivity contribution is 7.12. The minimum atomic E-state index is -0.235. The number of thiophene rings is 1. The zero-order valence-corrected chi connectivity index (χ0v) is 12.9. The Morgan fingerprint density at radius 3 is 2.67 bits per heavy atom. The Hall–Kier alpha value is -2.14. The Kier molecular flexibility index (Phi) is 5.11. The van der Waals surface area contributed by atoms with Crippen molar-refractivity contribution in [2.45, 2.75) is 19.8 Å². The SMILES string of the molecule is CC(C)c1cccc(NC(=O)CNC(=O)c2cccs2)c1. The average Bonchev–Trinajstić information content (AvgIpc) is 2.99. The van der Waals surface area contributed by atoms with Crippen molar-refractivity contribution in [1.29, 1.82) is 0 Å². The molecule has 21 heavy (non-hydrogen) atoms. The molecule has 0 saturated carbocycles. The molecule has 2 aromatic rings. The molecule has 1 aromatic carbocycles. The van der Waals surface area contributed by atoms with Crippen LogP contribution >= 0.6 is 11.3 Å². The van der Waals surface area contributed by atoms with Crippen molar-refractivity contribution < 1.29 is 9.59 Å². The van der Waals surface area contributed by atoms with E-state index in [0.29, 0.717) is 10.8 Å². The Morgan fingerprint density at radius 2 is 2.00 bits per heavy atom. The van der Waals surface area contributed by atoms with Gasteiger partial charge in [-0.3, -0.25) is 9.59 Å². The molecule has 0 aliphatic carbocycles. The number of carbonyl (C=O) groups excluding carboxylic acids is 2. The molecule has 0 unspecified atom stereocenters. The molecule has 4 nitrogen and oxygen atoms in total. The monoisotopic (exact) mass is 302 g/mol. The lowest BCUT2D eigenvalue weighted by Gasteiger charge is -2.10. The summed E-state index contributed by atoms with van der Waals surface area (Å²) in [5.41, 5.74) is 1.91. The first-order chi connectivity index (χ1) is 10.1. The number of hydrogen-bond donors (Lipinski definition) is 2. The first kappa shape index (κ1) is 15.3. The van der Waals surface area contributed by atoms with Crippen LogP contribution in [0.4, 0.5) is 5.69 Å². The predicted molar refractivity (Wildman–Crippen MR) is 85.8 cm³/mol. The lowest BCUT2D eigenvalue weighted by molar-refractivity contribution is -0.115. The van der Waals surface area contributed by atoms with Gasteiger partial charge < -0.3 is 10.6 Å². The third-order valence-electron chi connectivity index (χ3n) is 2.99. The molecule has 0 aliphatic heterocycles. The van der Waals surface area contributed by atoms with Crippen molar-refractivity contribution in [1.82, 2.24) is 5.32 Å². The van der Waals surface area contributed by atoms with Gasteiger partial charge in [-0.1, -0.05) is 32.0 Å². The smallest absolute Gasteiger partial charge is 0.261 e. The van der Waals surface area contributed by atoms with Gasteiger partial charge in [-0.05, 0) is 35.1 Å². The molecule has 1 aromatic heterocycles. The highest BCUT2D eigenvalue weighted by Crippen LogP contribution is 2.18. The van der Waals surface area contributed by atoms with Crippen molar-refractivity contribution in [2.24, 2.45) is 0 Å². The summed E-state index contributed by atoms with van der Waals surface area (Å²) in [6.45, 7) is 4.16. The number of anilines is 1. The molecule has 110 valence electrons. The number of hydrogen-bond acceptors (Lipinski definition) is 3. The van der Waals surface area contributed by atoms with Crippen molar-refractivity contribution in [3.8, 4) is 0 Å². The van der Waals surface area contributed by atoms with E-state index in [0.717, 1.165) is 11.3 Å². The second kappa shape index (κ2) is 7.04. The molecule has 2 rings (SSSR count). The minimum Gasteiger partial charge on any atom is -0.342 e. The highest BCUT2D eigenvalue weighted by Gasteiger charge is 2.09. The summed E-state index contributed by atoms with van der Waals surface area (Å²) in [5, 5.41) is 7.22. The minimum absolute atomic E-state index is 0.0390. The molecule has 0 atom stereocenters. The zero-order chi connectivity index (χ0) is 15.2. The van der Waals surface area contributed by atoms with Gasteiger partial charge in [0.2, 0.25) is 5.91 Å². The third kappa shape index (κ3) is 4.43. The lowest BCUT2D eigenvalue weighted by Crippen LogP contribution is -2.32. The number of rotatable bonds is 5. The molecule has 0 spiro atoms. The van der Waals surface area contributed by atoms with Gasteiger partial charge >= 0.3 is 0 Å². The van der Waals surface area contributed by atoms with Crippen molar-refractivity contribution in [2.75, 3.05) is 11.9 Å². The van der Waals surface area contributed by atoms with Crippen LogP contribution in [0, 0.1) is 0 Å². The maximum Gasteiger partial charge on any atom is 0.261 e. The summed E-state index contributed by atoms with van der Waals surface area (Å²) in [7, 11) is 0. The van der Waals surface area contributed by atoms with Gasteiger partial charge in [0, 0.05) is 5.69 Å². The fourth-order valence-electron chi connectivity index (χ4n) is 1.84. The Morgan fingerprint density at radius 1 is 1.19 bits per heavy atom. The van der Waals surface area contributed by atoms with Crippen LogP contribution in [-0.2, 0) is 4.79 Å². The van der Waals surface area contributed by atoms with Gasteiger partial charge in [-0.25, -0.2) is 0 Å². The van der Waals surface area contributed by atoms with E-state index < -0.39 is 0 Å². The number of carbonyl (C=O) groups is 2. The van der Waals surface area contributed by atoms with Crippen LogP contribution in [0.2, 0.25) is 0 Å². The molecule has 2 amide bonds. The molecule has 0 fully saturated rings. The van der Waals surface area contributed by atoms with Crippen LogP contribution in [0.3, 0.4) is 0 Å². The normalized spacial score (nSPS) is 10.4. The largest absolute Gasteiger partial charge is 0.342 e. The topological polar surface area (TPSA) is 58.2 Å². The van der Waals surface area contributed by atoms with Crippen molar-refractivity contribution >= 4 is 28.8 Å². The molecule has 5 heteroatoms. The molecule has 0 radical (unpaired) electrons. The Bertz CT molecular complexity index is 621. The third-order valence-corrected chi connectivity index (χ3v) is 3.86. The molecule has 0 saturated heterocycles. The number of amides is 2. The molecule has 1 heterocycles. The lowest BCUT2D eigenvalue weighted by atomic mass is 10.0. The summed E-state index contributed by atoms with van der Waals surface area (Å²) >= 11 is 1.35. The van der Waals surface area contributed by atoms with E-state index in [-0.39, 0.29) is 18.4 Å². The van der Waals surface area contributed by atoms with Gasteiger partial charge in [0.25, 0.3) is 5.91 Å². The van der Waals surface area contributed by atoms with Gasteiger partial charge in [0.15, 0.2) is 0 Å². The fraction of sp³-hybridized carbons (Fsp3) is 0.250.